The molecule has 1 N–H and O–H groups in total. The van der Waals surface area contributed by atoms with Crippen molar-refractivity contribution in [2.45, 2.75) is 52.5 Å². The summed E-state index contributed by atoms with van der Waals surface area (Å²) in [6.07, 6.45) is 1.17. The molecule has 0 fully saturated rings. The van der Waals surface area contributed by atoms with Crippen molar-refractivity contribution < 1.29 is 9.18 Å². The summed E-state index contributed by atoms with van der Waals surface area (Å²) in [5, 5.41) is 7.21. The van der Waals surface area contributed by atoms with Gasteiger partial charge in [0.15, 0.2) is 0 Å². The molecule has 0 saturated carbocycles. The van der Waals surface area contributed by atoms with Crippen LogP contribution in [0.1, 0.15) is 60.3 Å². The lowest BCUT2D eigenvalue weighted by Gasteiger charge is -2.36. The van der Waals surface area contributed by atoms with Crippen LogP contribution in [0.15, 0.2) is 18.2 Å². The predicted octanol–water partition coefficient (Wildman–Crippen LogP) is 3.81. The molecule has 0 spiro atoms. The number of hydrogen-bond acceptors (Lipinski definition) is 2. The highest BCUT2D eigenvalue weighted by Gasteiger charge is 2.29. The van der Waals surface area contributed by atoms with E-state index in [-0.39, 0.29) is 23.7 Å². The Hall–Kier alpha value is -2.17. The third-order valence-electron chi connectivity index (χ3n) is 5.12. The first-order chi connectivity index (χ1) is 11.4. The van der Waals surface area contributed by atoms with Crippen molar-refractivity contribution in [1.29, 1.82) is 0 Å². The topological polar surface area (TPSA) is 49.0 Å². The van der Waals surface area contributed by atoms with E-state index < -0.39 is 0 Å². The lowest BCUT2D eigenvalue weighted by Crippen LogP contribution is -2.39. The molecular weight excluding hydrogens is 305 g/mol. The summed E-state index contributed by atoms with van der Waals surface area (Å²) in [7, 11) is 0. The fraction of sp³-hybridized carbons (Fsp3) is 0.474. The van der Waals surface area contributed by atoms with E-state index in [1.165, 1.54) is 6.07 Å². The van der Waals surface area contributed by atoms with Crippen LogP contribution in [0.5, 0.6) is 0 Å². The number of rotatable bonds is 3. The molecule has 1 aliphatic heterocycles. The van der Waals surface area contributed by atoms with Crippen LogP contribution in [-0.4, -0.2) is 27.5 Å². The summed E-state index contributed by atoms with van der Waals surface area (Å²) in [6.45, 7) is 8.69. The summed E-state index contributed by atoms with van der Waals surface area (Å²) < 4.78 is 13.4. The standard InChI is InChI=1S/C19H24FN3O/c1-11(19-12(2)21-22-13(19)3)9-18(24)23-8-7-15-10-16(20)5-6-17(15)14(23)4/h5-6,10-11,14H,7-9H2,1-4H3,(H,21,22)/t11-,14-/m0/s1. The molecule has 4 nitrogen and oxygen atoms in total. The van der Waals surface area contributed by atoms with Crippen molar-refractivity contribution in [1.82, 2.24) is 15.1 Å². The molecule has 0 unspecified atom stereocenters. The third-order valence-corrected chi connectivity index (χ3v) is 5.12. The van der Waals surface area contributed by atoms with Crippen LogP contribution in [0.4, 0.5) is 4.39 Å². The molecule has 2 aromatic rings. The van der Waals surface area contributed by atoms with Crippen molar-refractivity contribution in [2.75, 3.05) is 6.54 Å². The van der Waals surface area contributed by atoms with Gasteiger partial charge in [-0.2, -0.15) is 5.10 Å². The van der Waals surface area contributed by atoms with Crippen LogP contribution >= 0.6 is 0 Å². The molecule has 3 rings (SSSR count). The number of aryl methyl sites for hydroxylation is 2. The maximum atomic E-state index is 13.4. The van der Waals surface area contributed by atoms with Crippen molar-refractivity contribution in [3.63, 3.8) is 0 Å². The summed E-state index contributed by atoms with van der Waals surface area (Å²) in [4.78, 5) is 14.8. The first-order valence-corrected chi connectivity index (χ1v) is 8.47. The zero-order chi connectivity index (χ0) is 17.4. The van der Waals surface area contributed by atoms with E-state index in [1.54, 1.807) is 6.07 Å². The fourth-order valence-electron chi connectivity index (χ4n) is 3.91. The second-order valence-electron chi connectivity index (χ2n) is 6.81. The van der Waals surface area contributed by atoms with Crippen LogP contribution in [0.2, 0.25) is 0 Å². The van der Waals surface area contributed by atoms with E-state index in [0.29, 0.717) is 19.4 Å². The number of benzene rings is 1. The Balaban J connectivity index is 1.75. The second kappa shape index (κ2) is 6.38. The van der Waals surface area contributed by atoms with Gasteiger partial charge < -0.3 is 4.90 Å². The fourth-order valence-corrected chi connectivity index (χ4v) is 3.91. The Morgan fingerprint density at radius 3 is 2.88 bits per heavy atom. The molecule has 128 valence electrons. The molecule has 0 aliphatic carbocycles. The van der Waals surface area contributed by atoms with Gasteiger partial charge in [-0.15, -0.1) is 0 Å². The van der Waals surface area contributed by atoms with E-state index >= 15 is 0 Å². The number of carbonyl (C=O) groups excluding carboxylic acids is 1. The monoisotopic (exact) mass is 329 g/mol. The van der Waals surface area contributed by atoms with Gasteiger partial charge in [-0.3, -0.25) is 9.89 Å². The minimum Gasteiger partial charge on any atom is -0.336 e. The minimum absolute atomic E-state index is 0.0133. The first kappa shape index (κ1) is 16.7. The Kier molecular flexibility index (Phi) is 4.43. The van der Waals surface area contributed by atoms with E-state index in [0.717, 1.165) is 28.1 Å². The van der Waals surface area contributed by atoms with Crippen molar-refractivity contribution in [3.05, 3.63) is 52.1 Å². The van der Waals surface area contributed by atoms with Crippen LogP contribution < -0.4 is 0 Å². The molecule has 2 heterocycles. The molecule has 1 aromatic carbocycles. The first-order valence-electron chi connectivity index (χ1n) is 8.47. The highest BCUT2D eigenvalue weighted by Crippen LogP contribution is 2.32. The molecule has 1 aromatic heterocycles. The molecule has 24 heavy (non-hydrogen) atoms. The zero-order valence-corrected chi connectivity index (χ0v) is 14.7. The van der Waals surface area contributed by atoms with Crippen LogP contribution in [0.3, 0.4) is 0 Å². The third kappa shape index (κ3) is 2.95. The maximum absolute atomic E-state index is 13.4. The number of halogens is 1. The SMILES string of the molecule is Cc1n[nH]c(C)c1[C@@H](C)CC(=O)N1CCc2cc(F)ccc2[C@@H]1C. The normalized spacial score (nSPS) is 18.4. The molecule has 0 radical (unpaired) electrons. The van der Waals surface area contributed by atoms with Gasteiger partial charge in [-0.05, 0) is 61.9 Å². The van der Waals surface area contributed by atoms with Crippen molar-refractivity contribution in [2.24, 2.45) is 0 Å². The Morgan fingerprint density at radius 1 is 1.46 bits per heavy atom. The highest BCUT2D eigenvalue weighted by atomic mass is 19.1. The Labute approximate surface area is 142 Å². The average Bonchev–Trinajstić information content (AvgIpc) is 2.86. The molecule has 1 aliphatic rings. The quantitative estimate of drug-likeness (QED) is 0.931. The molecule has 0 bridgehead atoms. The van der Waals surface area contributed by atoms with E-state index in [9.17, 15) is 9.18 Å². The highest BCUT2D eigenvalue weighted by molar-refractivity contribution is 5.78. The lowest BCUT2D eigenvalue weighted by atomic mass is 9.91. The predicted molar refractivity (Wildman–Crippen MR) is 91.3 cm³/mol. The van der Waals surface area contributed by atoms with Crippen LogP contribution in [-0.2, 0) is 11.2 Å². The molecule has 1 amide bonds. The van der Waals surface area contributed by atoms with Gasteiger partial charge in [0.05, 0.1) is 11.7 Å². The number of aromatic nitrogens is 2. The number of nitrogens with one attached hydrogen (secondary N) is 1. The van der Waals surface area contributed by atoms with Gasteiger partial charge in [0.25, 0.3) is 0 Å². The molecule has 5 heteroatoms. The summed E-state index contributed by atoms with van der Waals surface area (Å²) in [6, 6.07) is 4.86. The van der Waals surface area contributed by atoms with Gasteiger partial charge in [-0.1, -0.05) is 13.0 Å². The molecular formula is C19H24FN3O. The number of H-pyrrole nitrogens is 1. The summed E-state index contributed by atoms with van der Waals surface area (Å²) in [5.41, 5.74) is 5.19. The Bertz CT molecular complexity index is 748. The minimum atomic E-state index is -0.208. The van der Waals surface area contributed by atoms with E-state index in [4.69, 9.17) is 0 Å². The number of amides is 1. The number of aromatic amines is 1. The van der Waals surface area contributed by atoms with Crippen LogP contribution in [0, 0.1) is 19.7 Å². The largest absolute Gasteiger partial charge is 0.336 e. The van der Waals surface area contributed by atoms with Crippen molar-refractivity contribution >= 4 is 5.91 Å². The maximum Gasteiger partial charge on any atom is 0.223 e. The van der Waals surface area contributed by atoms with Gasteiger partial charge in [0.2, 0.25) is 5.91 Å². The summed E-state index contributed by atoms with van der Waals surface area (Å²) >= 11 is 0. The van der Waals surface area contributed by atoms with Gasteiger partial charge in [0, 0.05) is 18.7 Å². The van der Waals surface area contributed by atoms with E-state index in [1.807, 2.05) is 31.7 Å². The molecule has 0 saturated heterocycles. The number of hydrogen-bond donors (Lipinski definition) is 1. The zero-order valence-electron chi connectivity index (χ0n) is 14.7. The van der Waals surface area contributed by atoms with Crippen LogP contribution in [0.25, 0.3) is 0 Å². The summed E-state index contributed by atoms with van der Waals surface area (Å²) in [5.74, 6) is 0.0586. The molecule has 2 atom stereocenters. The van der Waals surface area contributed by atoms with Gasteiger partial charge >= 0.3 is 0 Å². The lowest BCUT2D eigenvalue weighted by molar-refractivity contribution is -0.134. The Morgan fingerprint density at radius 2 is 2.21 bits per heavy atom. The average molecular weight is 329 g/mol. The smallest absolute Gasteiger partial charge is 0.223 e. The number of fused-ring (bicyclic) bond motifs is 1. The van der Waals surface area contributed by atoms with E-state index in [2.05, 4.69) is 17.1 Å². The number of nitrogens with zero attached hydrogens (tertiary/aromatic N) is 2. The van der Waals surface area contributed by atoms with Gasteiger partial charge in [-0.25, -0.2) is 4.39 Å². The van der Waals surface area contributed by atoms with Gasteiger partial charge in [0.1, 0.15) is 5.82 Å². The number of carbonyl (C=O) groups is 1. The van der Waals surface area contributed by atoms with Crippen molar-refractivity contribution in [3.8, 4) is 0 Å². The second-order valence-corrected chi connectivity index (χ2v) is 6.81.